The second-order valence-corrected chi connectivity index (χ2v) is 7.95. The second kappa shape index (κ2) is 6.62. The first-order chi connectivity index (χ1) is 9.87. The molecule has 0 unspecified atom stereocenters. The van der Waals surface area contributed by atoms with Gasteiger partial charge in [0.15, 0.2) is 0 Å². The first-order valence-corrected chi connectivity index (χ1v) is 9.02. The van der Waals surface area contributed by atoms with Crippen LogP contribution >= 0.6 is 15.9 Å². The van der Waals surface area contributed by atoms with E-state index in [4.69, 9.17) is 0 Å². The fourth-order valence-electron chi connectivity index (χ4n) is 2.01. The van der Waals surface area contributed by atoms with Crippen LogP contribution in [0, 0.1) is 5.92 Å². The lowest BCUT2D eigenvalue weighted by Gasteiger charge is -2.09. The van der Waals surface area contributed by atoms with Gasteiger partial charge in [-0.1, -0.05) is 41.9 Å². The van der Waals surface area contributed by atoms with Gasteiger partial charge < -0.3 is 0 Å². The third-order valence-electron chi connectivity index (χ3n) is 2.97. The van der Waals surface area contributed by atoms with Gasteiger partial charge in [0.2, 0.25) is 0 Å². The van der Waals surface area contributed by atoms with Gasteiger partial charge in [0, 0.05) is 10.2 Å². The molecule has 5 heteroatoms. The zero-order valence-corrected chi connectivity index (χ0v) is 14.4. The summed E-state index contributed by atoms with van der Waals surface area (Å²) in [7, 11) is -3.54. The fourth-order valence-corrected chi connectivity index (χ4v) is 3.33. The summed E-state index contributed by atoms with van der Waals surface area (Å²) in [5.74, 6) is 0.549. The van der Waals surface area contributed by atoms with E-state index in [9.17, 15) is 8.42 Å². The SMILES string of the molecule is CC(C)Cc1ccc(S(=O)(=O)Nc2ccc(Br)cc2)cc1. The minimum Gasteiger partial charge on any atom is -0.280 e. The monoisotopic (exact) mass is 367 g/mol. The lowest BCUT2D eigenvalue weighted by molar-refractivity contribution is 0.601. The number of benzene rings is 2. The van der Waals surface area contributed by atoms with E-state index in [0.717, 1.165) is 16.5 Å². The Morgan fingerprint density at radius 1 is 1.00 bits per heavy atom. The zero-order chi connectivity index (χ0) is 15.5. The van der Waals surface area contributed by atoms with E-state index in [2.05, 4.69) is 34.5 Å². The van der Waals surface area contributed by atoms with Crippen molar-refractivity contribution >= 4 is 31.6 Å². The first kappa shape index (κ1) is 16.0. The number of nitrogens with one attached hydrogen (secondary N) is 1. The third kappa shape index (κ3) is 4.58. The Morgan fingerprint density at radius 3 is 2.10 bits per heavy atom. The normalized spacial score (nSPS) is 11.6. The van der Waals surface area contributed by atoms with Gasteiger partial charge in [0.05, 0.1) is 4.90 Å². The molecule has 0 heterocycles. The molecule has 3 nitrogen and oxygen atoms in total. The van der Waals surface area contributed by atoms with Gasteiger partial charge in [-0.3, -0.25) is 4.72 Å². The lowest BCUT2D eigenvalue weighted by atomic mass is 10.0. The van der Waals surface area contributed by atoms with Crippen LogP contribution in [-0.4, -0.2) is 8.42 Å². The molecule has 0 aliphatic carbocycles. The molecule has 0 spiro atoms. The molecule has 2 aromatic rings. The molecule has 0 bridgehead atoms. The van der Waals surface area contributed by atoms with Gasteiger partial charge in [0.25, 0.3) is 10.0 Å². The van der Waals surface area contributed by atoms with Gasteiger partial charge in [0.1, 0.15) is 0 Å². The molecule has 0 aliphatic heterocycles. The van der Waals surface area contributed by atoms with Gasteiger partial charge in [-0.15, -0.1) is 0 Å². The highest BCUT2D eigenvalue weighted by Crippen LogP contribution is 2.19. The number of halogens is 1. The molecular formula is C16H18BrNO2S. The summed E-state index contributed by atoms with van der Waals surface area (Å²) < 4.78 is 28.1. The highest BCUT2D eigenvalue weighted by Gasteiger charge is 2.14. The van der Waals surface area contributed by atoms with Crippen LogP contribution in [0.1, 0.15) is 19.4 Å². The number of hydrogen-bond acceptors (Lipinski definition) is 2. The van der Waals surface area contributed by atoms with E-state index in [0.29, 0.717) is 11.6 Å². The molecule has 0 amide bonds. The van der Waals surface area contributed by atoms with Crippen LogP contribution in [0.3, 0.4) is 0 Å². The van der Waals surface area contributed by atoms with E-state index in [1.807, 2.05) is 12.1 Å². The molecule has 1 N–H and O–H groups in total. The third-order valence-corrected chi connectivity index (χ3v) is 4.90. The first-order valence-electron chi connectivity index (χ1n) is 6.74. The minimum atomic E-state index is -3.54. The molecule has 21 heavy (non-hydrogen) atoms. The maximum Gasteiger partial charge on any atom is 0.261 e. The maximum atomic E-state index is 12.3. The Labute approximate surface area is 134 Å². The number of sulfonamides is 1. The quantitative estimate of drug-likeness (QED) is 0.848. The summed E-state index contributed by atoms with van der Waals surface area (Å²) >= 11 is 3.32. The van der Waals surface area contributed by atoms with Crippen molar-refractivity contribution in [3.8, 4) is 0 Å². The minimum absolute atomic E-state index is 0.276. The Balaban J connectivity index is 2.17. The smallest absolute Gasteiger partial charge is 0.261 e. The van der Waals surface area contributed by atoms with Crippen molar-refractivity contribution in [1.82, 2.24) is 0 Å². The predicted octanol–water partition coefficient (Wildman–Crippen LogP) is 4.45. The molecule has 0 saturated heterocycles. The van der Waals surface area contributed by atoms with E-state index < -0.39 is 10.0 Å². The van der Waals surface area contributed by atoms with E-state index in [1.165, 1.54) is 0 Å². The highest BCUT2D eigenvalue weighted by molar-refractivity contribution is 9.10. The Kier molecular flexibility index (Phi) is 5.06. The van der Waals surface area contributed by atoms with Crippen LogP contribution in [0.25, 0.3) is 0 Å². The predicted molar refractivity (Wildman–Crippen MR) is 89.9 cm³/mol. The molecule has 0 fully saturated rings. The van der Waals surface area contributed by atoms with Gasteiger partial charge in [-0.25, -0.2) is 8.42 Å². The highest BCUT2D eigenvalue weighted by atomic mass is 79.9. The van der Waals surface area contributed by atoms with Crippen molar-refractivity contribution in [2.45, 2.75) is 25.2 Å². The van der Waals surface area contributed by atoms with Crippen LogP contribution in [0.5, 0.6) is 0 Å². The van der Waals surface area contributed by atoms with E-state index >= 15 is 0 Å². The average molecular weight is 368 g/mol. The van der Waals surface area contributed by atoms with Crippen molar-refractivity contribution in [1.29, 1.82) is 0 Å². The number of anilines is 1. The molecule has 0 saturated carbocycles. The van der Waals surface area contributed by atoms with E-state index in [1.54, 1.807) is 36.4 Å². The summed E-state index contributed by atoms with van der Waals surface area (Å²) in [6.07, 6.45) is 0.945. The molecule has 2 aromatic carbocycles. The van der Waals surface area contributed by atoms with Crippen LogP contribution in [0.2, 0.25) is 0 Å². The molecule has 0 atom stereocenters. The molecular weight excluding hydrogens is 350 g/mol. The zero-order valence-electron chi connectivity index (χ0n) is 12.0. The summed E-state index contributed by atoms with van der Waals surface area (Å²) in [4.78, 5) is 0.276. The maximum absolute atomic E-state index is 12.3. The molecule has 0 radical (unpaired) electrons. The van der Waals surface area contributed by atoms with Gasteiger partial charge >= 0.3 is 0 Å². The summed E-state index contributed by atoms with van der Waals surface area (Å²) in [5, 5.41) is 0. The van der Waals surface area contributed by atoms with Crippen molar-refractivity contribution < 1.29 is 8.42 Å². The van der Waals surface area contributed by atoms with Crippen LogP contribution in [0.15, 0.2) is 57.9 Å². The summed E-state index contributed by atoms with van der Waals surface area (Å²) in [6, 6.07) is 14.1. The summed E-state index contributed by atoms with van der Waals surface area (Å²) in [5.41, 5.74) is 1.69. The average Bonchev–Trinajstić information content (AvgIpc) is 2.41. The second-order valence-electron chi connectivity index (χ2n) is 5.35. The largest absolute Gasteiger partial charge is 0.280 e. The van der Waals surface area contributed by atoms with Crippen molar-refractivity contribution in [3.05, 3.63) is 58.6 Å². The Bertz CT molecular complexity index is 692. The van der Waals surface area contributed by atoms with E-state index in [-0.39, 0.29) is 4.90 Å². The van der Waals surface area contributed by atoms with Crippen LogP contribution in [-0.2, 0) is 16.4 Å². The lowest BCUT2D eigenvalue weighted by Crippen LogP contribution is -2.12. The molecule has 0 aromatic heterocycles. The summed E-state index contributed by atoms with van der Waals surface area (Å²) in [6.45, 7) is 4.28. The van der Waals surface area contributed by atoms with Gasteiger partial charge in [-0.2, -0.15) is 0 Å². The molecule has 2 rings (SSSR count). The Morgan fingerprint density at radius 2 is 1.57 bits per heavy atom. The van der Waals surface area contributed by atoms with Crippen molar-refractivity contribution in [2.75, 3.05) is 4.72 Å². The van der Waals surface area contributed by atoms with Crippen molar-refractivity contribution in [3.63, 3.8) is 0 Å². The Hall–Kier alpha value is -1.33. The number of rotatable bonds is 5. The topological polar surface area (TPSA) is 46.2 Å². The van der Waals surface area contributed by atoms with Gasteiger partial charge in [-0.05, 0) is 54.3 Å². The van der Waals surface area contributed by atoms with Crippen LogP contribution < -0.4 is 4.72 Å². The standard InChI is InChI=1S/C16H18BrNO2S/c1-12(2)11-13-3-9-16(10-4-13)21(19,20)18-15-7-5-14(17)6-8-15/h3-10,12,18H,11H2,1-2H3. The van der Waals surface area contributed by atoms with Crippen molar-refractivity contribution in [2.24, 2.45) is 5.92 Å². The number of hydrogen-bond donors (Lipinski definition) is 1. The molecule has 112 valence electrons. The molecule has 0 aliphatic rings. The fraction of sp³-hybridized carbons (Fsp3) is 0.250. The van der Waals surface area contributed by atoms with Crippen LogP contribution in [0.4, 0.5) is 5.69 Å².